The van der Waals surface area contributed by atoms with Crippen molar-refractivity contribution in [2.75, 3.05) is 33.4 Å². The molecular formula is C19H30N2O5. The maximum absolute atomic E-state index is 13.0. The molecule has 7 heteroatoms. The second-order valence-corrected chi connectivity index (χ2v) is 6.70. The molecule has 0 saturated carbocycles. The Morgan fingerprint density at radius 2 is 2.19 bits per heavy atom. The SMILES string of the molecule is CC[C@H](C)N(CC(=O)N(Cc1ccco1)C[C@@H]1CCCO1)C(=O)COC. The number of nitrogens with zero attached hydrogens (tertiary/aromatic N) is 2. The van der Waals surface area contributed by atoms with Crippen LogP contribution >= 0.6 is 0 Å². The van der Waals surface area contributed by atoms with Crippen LogP contribution in [-0.2, 0) is 25.6 Å². The van der Waals surface area contributed by atoms with Crippen LogP contribution in [0.1, 0.15) is 38.9 Å². The third kappa shape index (κ3) is 5.85. The standard InChI is InChI=1S/C19H30N2O5/c1-4-15(2)21(19(23)14-24-3)13-18(22)20(11-16-7-5-9-25-16)12-17-8-6-10-26-17/h5,7,9,15,17H,4,6,8,10-14H2,1-3H3/t15-,17-/m0/s1. The molecule has 2 heterocycles. The smallest absolute Gasteiger partial charge is 0.249 e. The monoisotopic (exact) mass is 366 g/mol. The molecule has 2 atom stereocenters. The van der Waals surface area contributed by atoms with Crippen LogP contribution in [0.4, 0.5) is 0 Å². The van der Waals surface area contributed by atoms with Crippen LogP contribution < -0.4 is 0 Å². The predicted octanol–water partition coefficient (Wildman–Crippen LogP) is 2.06. The van der Waals surface area contributed by atoms with Gasteiger partial charge in [0.05, 0.1) is 18.9 Å². The Hall–Kier alpha value is -1.86. The van der Waals surface area contributed by atoms with E-state index >= 15 is 0 Å². The third-order valence-corrected chi connectivity index (χ3v) is 4.74. The lowest BCUT2D eigenvalue weighted by atomic mass is 10.2. The zero-order chi connectivity index (χ0) is 18.9. The van der Waals surface area contributed by atoms with E-state index in [2.05, 4.69) is 0 Å². The van der Waals surface area contributed by atoms with E-state index < -0.39 is 0 Å². The molecule has 0 spiro atoms. The molecule has 0 aliphatic carbocycles. The van der Waals surface area contributed by atoms with Crippen molar-refractivity contribution in [1.82, 2.24) is 9.80 Å². The van der Waals surface area contributed by atoms with Gasteiger partial charge in [0.25, 0.3) is 0 Å². The number of carbonyl (C=O) groups is 2. The van der Waals surface area contributed by atoms with Crippen molar-refractivity contribution in [3.8, 4) is 0 Å². The predicted molar refractivity (Wildman–Crippen MR) is 96.4 cm³/mol. The molecule has 1 aromatic rings. The van der Waals surface area contributed by atoms with Crippen molar-refractivity contribution in [3.63, 3.8) is 0 Å². The highest BCUT2D eigenvalue weighted by Gasteiger charge is 2.27. The Labute approximate surface area is 155 Å². The third-order valence-electron chi connectivity index (χ3n) is 4.74. The Kier molecular flexibility index (Phi) is 8.12. The van der Waals surface area contributed by atoms with Crippen LogP contribution in [-0.4, -0.2) is 67.2 Å². The number of ether oxygens (including phenoxy) is 2. The summed E-state index contributed by atoms with van der Waals surface area (Å²) in [4.78, 5) is 28.7. The quantitative estimate of drug-likeness (QED) is 0.634. The first-order valence-electron chi connectivity index (χ1n) is 9.25. The summed E-state index contributed by atoms with van der Waals surface area (Å²) in [7, 11) is 1.48. The lowest BCUT2D eigenvalue weighted by molar-refractivity contribution is -0.145. The van der Waals surface area contributed by atoms with Gasteiger partial charge in [-0.15, -0.1) is 0 Å². The Balaban J connectivity index is 2.07. The molecule has 0 N–H and O–H groups in total. The van der Waals surface area contributed by atoms with E-state index in [1.165, 1.54) is 7.11 Å². The molecule has 2 rings (SSSR count). The maximum Gasteiger partial charge on any atom is 0.249 e. The molecule has 2 amide bonds. The fourth-order valence-corrected chi connectivity index (χ4v) is 3.04. The molecule has 1 aliphatic rings. The van der Waals surface area contributed by atoms with Gasteiger partial charge in [0.15, 0.2) is 0 Å². The summed E-state index contributed by atoms with van der Waals surface area (Å²) in [5.41, 5.74) is 0. The topological polar surface area (TPSA) is 72.2 Å². The van der Waals surface area contributed by atoms with Crippen molar-refractivity contribution in [2.45, 2.75) is 51.8 Å². The van der Waals surface area contributed by atoms with E-state index in [0.717, 1.165) is 31.6 Å². The highest BCUT2D eigenvalue weighted by atomic mass is 16.5. The van der Waals surface area contributed by atoms with Crippen LogP contribution in [0.3, 0.4) is 0 Å². The van der Waals surface area contributed by atoms with Crippen LogP contribution in [0.5, 0.6) is 0 Å². The summed E-state index contributed by atoms with van der Waals surface area (Å²) in [5.74, 6) is 0.432. The Morgan fingerprint density at radius 3 is 2.77 bits per heavy atom. The zero-order valence-corrected chi connectivity index (χ0v) is 16.0. The maximum atomic E-state index is 13.0. The number of methoxy groups -OCH3 is 1. The van der Waals surface area contributed by atoms with Crippen LogP contribution in [0.15, 0.2) is 22.8 Å². The largest absolute Gasteiger partial charge is 0.467 e. The molecule has 0 aromatic carbocycles. The number of hydrogen-bond acceptors (Lipinski definition) is 5. The average Bonchev–Trinajstić information content (AvgIpc) is 3.32. The summed E-state index contributed by atoms with van der Waals surface area (Å²) in [6.07, 6.45) is 4.36. The van der Waals surface area contributed by atoms with Gasteiger partial charge in [-0.05, 0) is 38.3 Å². The minimum Gasteiger partial charge on any atom is -0.467 e. The van der Waals surface area contributed by atoms with E-state index in [4.69, 9.17) is 13.9 Å². The lowest BCUT2D eigenvalue weighted by Gasteiger charge is -2.31. The first kappa shape index (κ1) is 20.5. The first-order chi connectivity index (χ1) is 12.5. The van der Waals surface area contributed by atoms with Gasteiger partial charge in [-0.3, -0.25) is 9.59 Å². The first-order valence-corrected chi connectivity index (χ1v) is 9.25. The van der Waals surface area contributed by atoms with Crippen molar-refractivity contribution >= 4 is 11.8 Å². The molecule has 1 aliphatic heterocycles. The van der Waals surface area contributed by atoms with Crippen molar-refractivity contribution in [2.24, 2.45) is 0 Å². The van der Waals surface area contributed by atoms with Crippen LogP contribution in [0.25, 0.3) is 0 Å². The van der Waals surface area contributed by atoms with E-state index in [0.29, 0.717) is 13.1 Å². The number of carbonyl (C=O) groups excluding carboxylic acids is 2. The summed E-state index contributed by atoms with van der Waals surface area (Å²) in [6.45, 7) is 5.56. The van der Waals surface area contributed by atoms with Crippen LogP contribution in [0.2, 0.25) is 0 Å². The molecule has 0 unspecified atom stereocenters. The van der Waals surface area contributed by atoms with Gasteiger partial charge in [-0.1, -0.05) is 6.92 Å². The molecule has 1 aromatic heterocycles. The zero-order valence-electron chi connectivity index (χ0n) is 16.0. The van der Waals surface area contributed by atoms with E-state index in [1.807, 2.05) is 19.9 Å². The van der Waals surface area contributed by atoms with E-state index in [-0.39, 0.29) is 37.1 Å². The number of furan rings is 1. The molecule has 7 nitrogen and oxygen atoms in total. The summed E-state index contributed by atoms with van der Waals surface area (Å²) in [6, 6.07) is 3.62. The van der Waals surface area contributed by atoms with Gasteiger partial charge in [-0.25, -0.2) is 0 Å². The van der Waals surface area contributed by atoms with Crippen molar-refractivity contribution < 1.29 is 23.5 Å². The molecule has 1 saturated heterocycles. The number of rotatable bonds is 10. The second-order valence-electron chi connectivity index (χ2n) is 6.70. The molecule has 0 bridgehead atoms. The van der Waals surface area contributed by atoms with E-state index in [1.54, 1.807) is 22.1 Å². The van der Waals surface area contributed by atoms with Crippen molar-refractivity contribution in [1.29, 1.82) is 0 Å². The number of amides is 2. The van der Waals surface area contributed by atoms with Crippen molar-refractivity contribution in [3.05, 3.63) is 24.2 Å². The Bertz CT molecular complexity index is 554. The normalized spacial score (nSPS) is 17.9. The second kappa shape index (κ2) is 10.3. The minimum atomic E-state index is -0.176. The van der Waals surface area contributed by atoms with Gasteiger partial charge in [0, 0.05) is 26.3 Å². The number of hydrogen-bond donors (Lipinski definition) is 0. The van der Waals surface area contributed by atoms with Gasteiger partial charge in [-0.2, -0.15) is 0 Å². The highest BCUT2D eigenvalue weighted by molar-refractivity contribution is 5.85. The highest BCUT2D eigenvalue weighted by Crippen LogP contribution is 2.16. The minimum absolute atomic E-state index is 0.0263. The molecule has 146 valence electrons. The summed E-state index contributed by atoms with van der Waals surface area (Å²) >= 11 is 0. The molecule has 1 fully saturated rings. The van der Waals surface area contributed by atoms with Crippen LogP contribution in [0, 0.1) is 0 Å². The van der Waals surface area contributed by atoms with E-state index in [9.17, 15) is 9.59 Å². The summed E-state index contributed by atoms with van der Waals surface area (Å²) in [5, 5.41) is 0. The lowest BCUT2D eigenvalue weighted by Crippen LogP contribution is -2.48. The molecular weight excluding hydrogens is 336 g/mol. The molecule has 26 heavy (non-hydrogen) atoms. The van der Waals surface area contributed by atoms with Gasteiger partial charge in [0.1, 0.15) is 18.9 Å². The average molecular weight is 366 g/mol. The van der Waals surface area contributed by atoms with Gasteiger partial charge in [0.2, 0.25) is 11.8 Å². The molecule has 0 radical (unpaired) electrons. The van der Waals surface area contributed by atoms with Gasteiger partial charge < -0.3 is 23.7 Å². The Morgan fingerprint density at radius 1 is 1.38 bits per heavy atom. The van der Waals surface area contributed by atoms with Gasteiger partial charge >= 0.3 is 0 Å². The fourth-order valence-electron chi connectivity index (χ4n) is 3.04. The fraction of sp³-hybridized carbons (Fsp3) is 0.684. The summed E-state index contributed by atoms with van der Waals surface area (Å²) < 4.78 is 16.1.